The van der Waals surface area contributed by atoms with Crippen LogP contribution in [0, 0.1) is 11.6 Å². The zero-order chi connectivity index (χ0) is 9.84. The molecular formula is C9H7BrF2O. The smallest absolute Gasteiger partial charge is 0.173 e. The fourth-order valence-corrected chi connectivity index (χ4v) is 1.49. The molecule has 0 saturated carbocycles. The minimum absolute atomic E-state index is 0.106. The van der Waals surface area contributed by atoms with Gasteiger partial charge in [-0.1, -0.05) is 6.07 Å². The highest BCUT2D eigenvalue weighted by molar-refractivity contribution is 9.10. The van der Waals surface area contributed by atoms with E-state index >= 15 is 0 Å². The molecule has 13 heavy (non-hydrogen) atoms. The molecule has 1 aromatic carbocycles. The first-order valence-electron chi connectivity index (χ1n) is 3.73. The molecule has 1 aromatic rings. The molecule has 0 aliphatic heterocycles. The van der Waals surface area contributed by atoms with Crippen LogP contribution in [0.3, 0.4) is 0 Å². The van der Waals surface area contributed by atoms with Gasteiger partial charge in [0.05, 0.1) is 4.47 Å². The Hall–Kier alpha value is -0.770. The second-order valence-corrected chi connectivity index (χ2v) is 3.33. The van der Waals surface area contributed by atoms with E-state index in [1.165, 1.54) is 6.07 Å². The molecule has 0 saturated heterocycles. The van der Waals surface area contributed by atoms with Gasteiger partial charge in [-0.25, -0.2) is 8.78 Å². The van der Waals surface area contributed by atoms with Crippen molar-refractivity contribution in [3.05, 3.63) is 33.8 Å². The second kappa shape index (κ2) is 4.46. The average molecular weight is 249 g/mol. The molecule has 0 bridgehead atoms. The molecule has 70 valence electrons. The van der Waals surface area contributed by atoms with Gasteiger partial charge in [0.25, 0.3) is 0 Å². The van der Waals surface area contributed by atoms with Crippen molar-refractivity contribution >= 4 is 22.2 Å². The summed E-state index contributed by atoms with van der Waals surface area (Å²) in [6, 6.07) is 2.52. The van der Waals surface area contributed by atoms with E-state index in [1.807, 2.05) is 0 Å². The summed E-state index contributed by atoms with van der Waals surface area (Å²) in [6.07, 6.45) is 1.47. The Bertz CT molecular complexity index is 326. The maximum Gasteiger partial charge on any atom is 0.173 e. The summed E-state index contributed by atoms with van der Waals surface area (Å²) >= 11 is 2.93. The van der Waals surface area contributed by atoms with Gasteiger partial charge in [-0.15, -0.1) is 0 Å². The van der Waals surface area contributed by atoms with Crippen LogP contribution in [0.15, 0.2) is 16.6 Å². The summed E-state index contributed by atoms with van der Waals surface area (Å²) in [5.41, 5.74) is 0.603. The van der Waals surface area contributed by atoms with Crippen molar-refractivity contribution in [2.75, 3.05) is 0 Å². The van der Waals surface area contributed by atoms with Crippen LogP contribution in [-0.2, 0) is 11.2 Å². The number of hydrogen-bond acceptors (Lipinski definition) is 1. The summed E-state index contributed by atoms with van der Waals surface area (Å²) < 4.78 is 25.6. The lowest BCUT2D eigenvalue weighted by atomic mass is 10.1. The topological polar surface area (TPSA) is 17.1 Å². The molecule has 0 atom stereocenters. The van der Waals surface area contributed by atoms with Crippen LogP contribution < -0.4 is 0 Å². The maximum atomic E-state index is 12.9. The third-order valence-electron chi connectivity index (χ3n) is 1.65. The Kier molecular flexibility index (Phi) is 3.54. The first-order valence-corrected chi connectivity index (χ1v) is 4.52. The van der Waals surface area contributed by atoms with E-state index in [0.29, 0.717) is 18.4 Å². The lowest BCUT2D eigenvalue weighted by Crippen LogP contribution is -1.93. The molecule has 1 rings (SSSR count). The number of carbonyl (C=O) groups excluding carboxylic acids is 1. The highest BCUT2D eigenvalue weighted by Crippen LogP contribution is 2.23. The van der Waals surface area contributed by atoms with Gasteiger partial charge in [0.2, 0.25) is 0 Å². The Balaban J connectivity index is 2.96. The molecule has 0 N–H and O–H groups in total. The molecule has 0 fully saturated rings. The van der Waals surface area contributed by atoms with Gasteiger partial charge >= 0.3 is 0 Å². The van der Waals surface area contributed by atoms with Gasteiger partial charge in [0, 0.05) is 6.42 Å². The lowest BCUT2D eigenvalue weighted by molar-refractivity contribution is -0.107. The third-order valence-corrected chi connectivity index (χ3v) is 2.50. The quantitative estimate of drug-likeness (QED) is 0.594. The summed E-state index contributed by atoms with van der Waals surface area (Å²) in [6.45, 7) is 0. The zero-order valence-corrected chi connectivity index (χ0v) is 8.27. The first-order chi connectivity index (χ1) is 6.16. The number of carbonyl (C=O) groups is 1. The van der Waals surface area contributed by atoms with Crippen LogP contribution in [0.2, 0.25) is 0 Å². The van der Waals surface area contributed by atoms with Gasteiger partial charge in [0.15, 0.2) is 11.6 Å². The first kappa shape index (κ1) is 10.3. The van der Waals surface area contributed by atoms with E-state index < -0.39 is 11.6 Å². The molecule has 0 unspecified atom stereocenters. The Morgan fingerprint density at radius 1 is 1.38 bits per heavy atom. The molecule has 0 amide bonds. The van der Waals surface area contributed by atoms with Crippen molar-refractivity contribution in [3.63, 3.8) is 0 Å². The molecular weight excluding hydrogens is 242 g/mol. The summed E-state index contributed by atoms with van der Waals surface area (Å²) in [4.78, 5) is 10.1. The van der Waals surface area contributed by atoms with Crippen molar-refractivity contribution in [1.82, 2.24) is 0 Å². The molecule has 0 aromatic heterocycles. The minimum atomic E-state index is -0.900. The predicted octanol–water partition coefficient (Wildman–Crippen LogP) is 2.86. The lowest BCUT2D eigenvalue weighted by Gasteiger charge is -2.03. The highest BCUT2D eigenvalue weighted by atomic mass is 79.9. The van der Waals surface area contributed by atoms with E-state index in [0.717, 1.165) is 12.4 Å². The fraction of sp³-hybridized carbons (Fsp3) is 0.222. The van der Waals surface area contributed by atoms with E-state index in [2.05, 4.69) is 15.9 Å². The summed E-state index contributed by atoms with van der Waals surface area (Å²) in [7, 11) is 0. The number of halogens is 3. The Morgan fingerprint density at radius 2 is 2.08 bits per heavy atom. The summed E-state index contributed by atoms with van der Waals surface area (Å²) in [5, 5.41) is 0. The van der Waals surface area contributed by atoms with Crippen molar-refractivity contribution in [3.8, 4) is 0 Å². The number of aldehydes is 1. The van der Waals surface area contributed by atoms with Gasteiger partial charge in [-0.3, -0.25) is 0 Å². The monoisotopic (exact) mass is 248 g/mol. The van der Waals surface area contributed by atoms with Crippen LogP contribution in [0.4, 0.5) is 8.78 Å². The molecule has 0 heterocycles. The number of rotatable bonds is 3. The molecule has 1 nitrogen and oxygen atoms in total. The maximum absolute atomic E-state index is 12.9. The minimum Gasteiger partial charge on any atom is -0.303 e. The van der Waals surface area contributed by atoms with E-state index in [1.54, 1.807) is 0 Å². The van der Waals surface area contributed by atoms with Crippen LogP contribution in [0.25, 0.3) is 0 Å². The van der Waals surface area contributed by atoms with Crippen molar-refractivity contribution in [2.45, 2.75) is 12.8 Å². The third kappa shape index (κ3) is 2.34. The van der Waals surface area contributed by atoms with Crippen molar-refractivity contribution in [1.29, 1.82) is 0 Å². The van der Waals surface area contributed by atoms with Gasteiger partial charge < -0.3 is 4.79 Å². The molecule has 4 heteroatoms. The number of hydrogen-bond donors (Lipinski definition) is 0. The van der Waals surface area contributed by atoms with E-state index in [4.69, 9.17) is 0 Å². The van der Waals surface area contributed by atoms with Crippen molar-refractivity contribution < 1.29 is 13.6 Å². The van der Waals surface area contributed by atoms with Crippen molar-refractivity contribution in [2.24, 2.45) is 0 Å². The predicted molar refractivity (Wildman–Crippen MR) is 48.4 cm³/mol. The zero-order valence-electron chi connectivity index (χ0n) is 6.69. The normalized spacial score (nSPS) is 10.1. The molecule has 0 aliphatic carbocycles. The van der Waals surface area contributed by atoms with Gasteiger partial charge in [-0.2, -0.15) is 0 Å². The van der Waals surface area contributed by atoms with E-state index in [9.17, 15) is 13.6 Å². The summed E-state index contributed by atoms with van der Waals surface area (Å²) in [5.74, 6) is -1.79. The largest absolute Gasteiger partial charge is 0.303 e. The Morgan fingerprint density at radius 3 is 2.69 bits per heavy atom. The van der Waals surface area contributed by atoms with Gasteiger partial charge in [0.1, 0.15) is 6.29 Å². The van der Waals surface area contributed by atoms with E-state index in [-0.39, 0.29) is 4.47 Å². The molecule has 0 radical (unpaired) electrons. The van der Waals surface area contributed by atoms with Gasteiger partial charge in [-0.05, 0) is 34.0 Å². The second-order valence-electron chi connectivity index (χ2n) is 2.54. The van der Waals surface area contributed by atoms with Crippen LogP contribution >= 0.6 is 15.9 Å². The fourth-order valence-electron chi connectivity index (χ4n) is 0.973. The van der Waals surface area contributed by atoms with Crippen LogP contribution in [0.5, 0.6) is 0 Å². The molecule has 0 spiro atoms. The molecule has 0 aliphatic rings. The standard InChI is InChI=1S/C9H7BrF2O/c10-8-6(2-1-5-13)3-4-7(11)9(8)12/h3-5H,1-2H2. The highest BCUT2D eigenvalue weighted by Gasteiger charge is 2.09. The van der Waals surface area contributed by atoms with Crippen LogP contribution in [0.1, 0.15) is 12.0 Å². The average Bonchev–Trinajstić information content (AvgIpc) is 2.13. The van der Waals surface area contributed by atoms with Crippen LogP contribution in [-0.4, -0.2) is 6.29 Å². The number of aryl methyl sites for hydroxylation is 1. The Labute approximate surface area is 82.9 Å². The number of benzene rings is 1. The SMILES string of the molecule is O=CCCc1ccc(F)c(F)c1Br.